The first-order valence-electron chi connectivity index (χ1n) is 17.9. The van der Waals surface area contributed by atoms with E-state index in [1.165, 1.54) is 0 Å². The van der Waals surface area contributed by atoms with Crippen LogP contribution >= 0.6 is 0 Å². The monoisotopic (exact) mass is 711 g/mol. The molecule has 13 heteroatoms. The van der Waals surface area contributed by atoms with E-state index in [4.69, 9.17) is 31.0 Å². The molecule has 0 bridgehead atoms. The summed E-state index contributed by atoms with van der Waals surface area (Å²) in [5.41, 5.74) is 8.71. The molecular weight excluding hydrogens is 658 g/mol. The molecule has 1 aliphatic carbocycles. The van der Waals surface area contributed by atoms with Gasteiger partial charge in [0.25, 0.3) is 0 Å². The van der Waals surface area contributed by atoms with Gasteiger partial charge in [-0.1, -0.05) is 44.2 Å². The number of carbonyl (C=O) groups excluding carboxylic acids is 1. The number of aliphatic imine (C=N–C) groups is 1. The molecule has 1 aliphatic heterocycles. The lowest BCUT2D eigenvalue weighted by atomic mass is 9.85. The zero-order chi connectivity index (χ0) is 37.3. The van der Waals surface area contributed by atoms with Gasteiger partial charge in [0.1, 0.15) is 35.5 Å². The number of aromatic nitrogens is 1. The fourth-order valence-corrected chi connectivity index (χ4v) is 6.14. The molecule has 0 saturated carbocycles. The number of piperidine rings is 1. The molecule has 52 heavy (non-hydrogen) atoms. The number of amides is 2. The van der Waals surface area contributed by atoms with Crippen LogP contribution in [0.2, 0.25) is 0 Å². The number of hydrogen-bond acceptors (Lipinski definition) is 9. The number of aliphatic hydroxyl groups is 1. The van der Waals surface area contributed by atoms with E-state index in [1.807, 2.05) is 80.2 Å². The maximum Gasteiger partial charge on any atom is 0.320 e. The van der Waals surface area contributed by atoms with Crippen LogP contribution in [0.3, 0.4) is 0 Å². The molecule has 1 saturated heterocycles. The summed E-state index contributed by atoms with van der Waals surface area (Å²) in [4.78, 5) is 22.4. The average Bonchev–Trinajstić information content (AvgIpc) is 3.13. The lowest BCUT2D eigenvalue weighted by Crippen LogP contribution is -2.43. The van der Waals surface area contributed by atoms with Gasteiger partial charge < -0.3 is 35.4 Å². The number of pyridine rings is 1. The van der Waals surface area contributed by atoms with Crippen molar-refractivity contribution in [3.63, 3.8) is 0 Å². The van der Waals surface area contributed by atoms with Gasteiger partial charge in [-0.15, -0.1) is 0 Å². The first kappa shape index (κ1) is 38.1. The Labute approximate surface area is 306 Å². The van der Waals surface area contributed by atoms with Crippen molar-refractivity contribution in [1.29, 1.82) is 10.8 Å². The quantitative estimate of drug-likeness (QED) is 0.119. The minimum absolute atomic E-state index is 0.180. The van der Waals surface area contributed by atoms with Gasteiger partial charge in [0.05, 0.1) is 24.5 Å². The highest BCUT2D eigenvalue weighted by atomic mass is 16.5. The molecule has 1 fully saturated rings. The minimum atomic E-state index is -0.735. The summed E-state index contributed by atoms with van der Waals surface area (Å²) in [6.07, 6.45) is 7.52. The number of nitrogens with zero attached hydrogens (tertiary/aromatic N) is 4. The van der Waals surface area contributed by atoms with Crippen molar-refractivity contribution in [2.45, 2.75) is 58.1 Å². The summed E-state index contributed by atoms with van der Waals surface area (Å²) >= 11 is 0. The molecule has 3 aromatic rings. The maximum absolute atomic E-state index is 13.6. The van der Waals surface area contributed by atoms with Gasteiger partial charge in [0.15, 0.2) is 0 Å². The average molecular weight is 712 g/mol. The molecule has 13 nitrogen and oxygen atoms in total. The standard InChI is InChI=1S/C39H53N9O4/c1-39(2,26-49)34(40)24-36(43-27-11-10-12-28(23-27)51-22-21-46(3)4)45-38(50)44-32-16-17-33(31-14-7-6-13-30(31)32)52-29-15-18-35(41)48(25-29)37(42)47-19-8-5-9-20-47/h6-7,10-15,18,23-25,32-33,41-42,49H,5,8-9,16-17,19-22,26,40H2,1-4H3,(H2,43,44,45,50)/t32-,33+/m0/s1. The van der Waals surface area contributed by atoms with Crippen LogP contribution in [0.5, 0.6) is 11.5 Å². The third kappa shape index (κ3) is 10.0. The van der Waals surface area contributed by atoms with Crippen molar-refractivity contribution in [3.8, 4) is 11.5 Å². The number of aliphatic hydroxyl groups excluding tert-OH is 1. The number of amidine groups is 1. The first-order valence-corrected chi connectivity index (χ1v) is 17.9. The molecule has 2 aliphatic rings. The van der Waals surface area contributed by atoms with E-state index in [0.717, 1.165) is 50.0 Å². The summed E-state index contributed by atoms with van der Waals surface area (Å²) in [7, 11) is 3.96. The van der Waals surface area contributed by atoms with Gasteiger partial charge in [-0.3, -0.25) is 20.7 Å². The number of ether oxygens (including phenoxy) is 2. The number of hydrogen-bond donors (Lipinski definition) is 6. The highest BCUT2D eigenvalue weighted by Crippen LogP contribution is 2.38. The SMILES string of the molecule is CN(C)CCOc1cccc(N=C(C=C(N)C(C)(C)CO)NC(=O)N[C@H]2CC[C@@H](Oc3ccc(=N)n(C(=N)N4CCCCC4)c3)c3ccccc32)c1. The zero-order valence-electron chi connectivity index (χ0n) is 30.7. The summed E-state index contributed by atoms with van der Waals surface area (Å²) in [5.74, 6) is 1.73. The zero-order valence-corrected chi connectivity index (χ0v) is 30.7. The van der Waals surface area contributed by atoms with Gasteiger partial charge in [-0.05, 0) is 81.6 Å². The molecule has 0 spiro atoms. The normalized spacial score (nSPS) is 18.1. The van der Waals surface area contributed by atoms with E-state index >= 15 is 0 Å². The van der Waals surface area contributed by atoms with Gasteiger partial charge in [0.2, 0.25) is 5.96 Å². The Morgan fingerprint density at radius 2 is 1.81 bits per heavy atom. The summed E-state index contributed by atoms with van der Waals surface area (Å²) < 4.78 is 14.0. The van der Waals surface area contributed by atoms with E-state index < -0.39 is 11.4 Å². The molecular formula is C39H53N9O4. The smallest absolute Gasteiger partial charge is 0.320 e. The van der Waals surface area contributed by atoms with Crippen LogP contribution in [0.25, 0.3) is 0 Å². The third-order valence-corrected chi connectivity index (χ3v) is 9.41. The van der Waals surface area contributed by atoms with Crippen LogP contribution in [0.4, 0.5) is 10.5 Å². The fourth-order valence-electron chi connectivity index (χ4n) is 6.14. The molecule has 0 unspecified atom stereocenters. The Hall–Kier alpha value is -5.14. The summed E-state index contributed by atoms with van der Waals surface area (Å²) in [5, 5.41) is 33.1. The third-order valence-electron chi connectivity index (χ3n) is 9.41. The second-order valence-corrected chi connectivity index (χ2v) is 14.2. The van der Waals surface area contributed by atoms with Gasteiger partial charge >= 0.3 is 6.03 Å². The van der Waals surface area contributed by atoms with Crippen LogP contribution in [0, 0.1) is 16.2 Å². The van der Waals surface area contributed by atoms with E-state index in [2.05, 4.69) is 10.6 Å². The fraction of sp³-hybridized carbons (Fsp3) is 0.436. The highest BCUT2D eigenvalue weighted by molar-refractivity contribution is 6.05. The Morgan fingerprint density at radius 3 is 2.54 bits per heavy atom. The van der Waals surface area contributed by atoms with E-state index in [9.17, 15) is 9.90 Å². The molecule has 1 aromatic heterocycles. The van der Waals surface area contributed by atoms with Crippen LogP contribution in [0.15, 0.2) is 83.6 Å². The number of likely N-dealkylation sites (tertiary alicyclic amines) is 1. The second-order valence-electron chi connectivity index (χ2n) is 14.2. The molecule has 2 aromatic carbocycles. The number of nitrogens with one attached hydrogen (secondary N) is 4. The lowest BCUT2D eigenvalue weighted by molar-refractivity contribution is 0.171. The molecule has 2 atom stereocenters. The number of fused-ring (bicyclic) bond motifs is 1. The molecule has 2 heterocycles. The minimum Gasteiger partial charge on any atom is -0.492 e. The lowest BCUT2D eigenvalue weighted by Gasteiger charge is -2.33. The Morgan fingerprint density at radius 1 is 1.06 bits per heavy atom. The molecule has 5 rings (SSSR count). The molecule has 0 radical (unpaired) electrons. The number of likely N-dealkylation sites (N-methyl/N-ethyl adjacent to an activating group) is 1. The maximum atomic E-state index is 13.6. The largest absolute Gasteiger partial charge is 0.492 e. The number of urea groups is 1. The van der Waals surface area contributed by atoms with E-state index in [1.54, 1.807) is 35.0 Å². The topological polar surface area (TPSA) is 177 Å². The summed E-state index contributed by atoms with van der Waals surface area (Å²) in [6, 6.07) is 17.9. The first-order chi connectivity index (χ1) is 24.9. The predicted octanol–water partition coefficient (Wildman–Crippen LogP) is 5.02. The van der Waals surface area contributed by atoms with Crippen molar-refractivity contribution >= 4 is 23.5 Å². The molecule has 278 valence electrons. The van der Waals surface area contributed by atoms with Gasteiger partial charge in [-0.2, -0.15) is 0 Å². The van der Waals surface area contributed by atoms with Crippen molar-refractivity contribution in [2.24, 2.45) is 16.1 Å². The number of rotatable bonds is 11. The number of benzene rings is 2. The predicted molar refractivity (Wildman–Crippen MR) is 203 cm³/mol. The Balaban J connectivity index is 1.32. The van der Waals surface area contributed by atoms with Crippen LogP contribution in [0.1, 0.15) is 69.2 Å². The van der Waals surface area contributed by atoms with Crippen molar-refractivity contribution in [3.05, 3.63) is 95.2 Å². The Bertz CT molecular complexity index is 1830. The van der Waals surface area contributed by atoms with Crippen molar-refractivity contribution in [2.75, 3.05) is 46.9 Å². The van der Waals surface area contributed by atoms with E-state index in [0.29, 0.717) is 42.3 Å². The van der Waals surface area contributed by atoms with Gasteiger partial charge in [0, 0.05) is 42.9 Å². The van der Waals surface area contributed by atoms with Crippen LogP contribution in [-0.2, 0) is 0 Å². The Kier molecular flexibility index (Phi) is 12.7. The van der Waals surface area contributed by atoms with Crippen molar-refractivity contribution < 1.29 is 19.4 Å². The highest BCUT2D eigenvalue weighted by Gasteiger charge is 2.30. The second kappa shape index (κ2) is 17.4. The van der Waals surface area contributed by atoms with E-state index in [-0.39, 0.29) is 36.0 Å². The number of carbonyl (C=O) groups is 1. The number of nitrogens with two attached hydrogens (primary N) is 1. The molecule has 7 N–H and O–H groups in total. The van der Waals surface area contributed by atoms with Crippen LogP contribution < -0.4 is 31.3 Å². The summed E-state index contributed by atoms with van der Waals surface area (Å²) in [6.45, 7) is 6.34. The van der Waals surface area contributed by atoms with Crippen LogP contribution in [-0.4, -0.2) is 84.2 Å². The molecule has 2 amide bonds. The van der Waals surface area contributed by atoms with Gasteiger partial charge in [-0.25, -0.2) is 9.79 Å². The van der Waals surface area contributed by atoms with Crippen molar-refractivity contribution in [1.82, 2.24) is 25.0 Å².